The SMILES string of the molecule is CCN(CC)C(=O)C1=C(C)N=c2s/c(=C/c3cn(CC(=O)Nc4ccccc4)c4ccccc34)c(=O)n2[C@H]1c1cc(OC)ccc1OC. The number of amides is 2. The van der Waals surface area contributed by atoms with Crippen LogP contribution >= 0.6 is 11.3 Å². The Kier molecular flexibility index (Phi) is 9.31. The molecular weight excluding hydrogens is 627 g/mol. The number of carbonyl (C=O) groups excluding carboxylic acids is 2. The van der Waals surface area contributed by atoms with E-state index in [2.05, 4.69) is 5.32 Å². The fraction of sp³-hybridized carbons (Fsp3) is 0.243. The van der Waals surface area contributed by atoms with Crippen LogP contribution in [-0.2, 0) is 16.1 Å². The summed E-state index contributed by atoms with van der Waals surface area (Å²) in [5.74, 6) is 0.733. The third kappa shape index (κ3) is 6.04. The standard InChI is InChI=1S/C37H37N5O5S/c1-6-40(7-2)36(45)33-23(3)38-37-42(34(33)28-20-26(46-4)17-18-30(28)47-5)35(44)31(48-37)19-24-21-41(29-16-12-11-15-27(24)29)22-32(43)39-25-13-9-8-10-14-25/h8-21,34H,6-7,22H2,1-5H3,(H,39,43)/b31-19+/t34-/m0/s1. The van der Waals surface area contributed by atoms with Crippen LogP contribution in [0.25, 0.3) is 17.0 Å². The second kappa shape index (κ2) is 13.7. The van der Waals surface area contributed by atoms with Gasteiger partial charge in [0.2, 0.25) is 5.91 Å². The summed E-state index contributed by atoms with van der Waals surface area (Å²) in [7, 11) is 3.13. The molecule has 2 aromatic heterocycles. The Bertz CT molecular complexity index is 2230. The molecule has 48 heavy (non-hydrogen) atoms. The van der Waals surface area contributed by atoms with Gasteiger partial charge in [0.1, 0.15) is 24.1 Å². The second-order valence-corrected chi connectivity index (χ2v) is 12.3. The Morgan fingerprint density at radius 1 is 1.00 bits per heavy atom. The summed E-state index contributed by atoms with van der Waals surface area (Å²) >= 11 is 1.26. The first kappa shape index (κ1) is 32.5. The van der Waals surface area contributed by atoms with Crippen molar-refractivity contribution in [2.45, 2.75) is 33.4 Å². The molecule has 246 valence electrons. The Balaban J connectivity index is 1.50. The van der Waals surface area contributed by atoms with Crippen LogP contribution in [-0.4, -0.2) is 53.2 Å². The van der Waals surface area contributed by atoms with Crippen LogP contribution in [0.15, 0.2) is 100 Å². The van der Waals surface area contributed by atoms with E-state index in [9.17, 15) is 14.4 Å². The Morgan fingerprint density at radius 2 is 1.73 bits per heavy atom. The molecule has 10 nitrogen and oxygen atoms in total. The first-order valence-electron chi connectivity index (χ1n) is 15.7. The normalized spacial score (nSPS) is 14.4. The summed E-state index contributed by atoms with van der Waals surface area (Å²) in [6.45, 7) is 6.76. The third-order valence-corrected chi connectivity index (χ3v) is 9.49. The van der Waals surface area contributed by atoms with Crippen molar-refractivity contribution in [2.24, 2.45) is 4.99 Å². The van der Waals surface area contributed by atoms with Crippen molar-refractivity contribution in [3.05, 3.63) is 121 Å². The van der Waals surface area contributed by atoms with Crippen LogP contribution in [0.5, 0.6) is 11.5 Å². The lowest BCUT2D eigenvalue weighted by atomic mass is 9.93. The van der Waals surface area contributed by atoms with Crippen molar-refractivity contribution in [1.29, 1.82) is 0 Å². The van der Waals surface area contributed by atoms with Gasteiger partial charge >= 0.3 is 0 Å². The fourth-order valence-electron chi connectivity index (χ4n) is 6.16. The number of benzene rings is 3. The maximum Gasteiger partial charge on any atom is 0.271 e. The number of para-hydroxylation sites is 2. The van der Waals surface area contributed by atoms with E-state index in [0.717, 1.165) is 22.2 Å². The number of aromatic nitrogens is 2. The van der Waals surface area contributed by atoms with Crippen LogP contribution in [0.1, 0.15) is 37.9 Å². The highest BCUT2D eigenvalue weighted by atomic mass is 32.1. The van der Waals surface area contributed by atoms with Crippen molar-refractivity contribution >= 4 is 45.8 Å². The highest BCUT2D eigenvalue weighted by Crippen LogP contribution is 2.38. The molecule has 0 fully saturated rings. The number of hydrogen-bond donors (Lipinski definition) is 1. The molecule has 1 atom stereocenters. The van der Waals surface area contributed by atoms with Gasteiger partial charge in [-0.2, -0.15) is 0 Å². The molecule has 0 saturated carbocycles. The average molecular weight is 664 g/mol. The van der Waals surface area contributed by atoms with E-state index in [1.807, 2.05) is 98.3 Å². The summed E-state index contributed by atoms with van der Waals surface area (Å²) in [5, 5.41) is 3.84. The number of anilines is 1. The lowest BCUT2D eigenvalue weighted by Gasteiger charge is -2.30. The van der Waals surface area contributed by atoms with Crippen LogP contribution in [0.2, 0.25) is 0 Å². The minimum Gasteiger partial charge on any atom is -0.497 e. The van der Waals surface area contributed by atoms with E-state index in [1.54, 1.807) is 35.8 Å². The number of fused-ring (bicyclic) bond motifs is 2. The number of carbonyl (C=O) groups is 2. The Morgan fingerprint density at radius 3 is 2.44 bits per heavy atom. The molecule has 0 aliphatic carbocycles. The zero-order valence-corrected chi connectivity index (χ0v) is 28.3. The van der Waals surface area contributed by atoms with Crippen molar-refractivity contribution in [1.82, 2.24) is 14.0 Å². The minimum absolute atomic E-state index is 0.0934. The van der Waals surface area contributed by atoms with Crippen LogP contribution in [0.4, 0.5) is 5.69 Å². The number of rotatable bonds is 10. The van der Waals surface area contributed by atoms with Gasteiger partial charge in [0, 0.05) is 47.0 Å². The number of nitrogens with zero attached hydrogens (tertiary/aromatic N) is 4. The average Bonchev–Trinajstić information content (AvgIpc) is 3.60. The zero-order chi connectivity index (χ0) is 33.9. The predicted octanol–water partition coefficient (Wildman–Crippen LogP) is 4.71. The first-order chi connectivity index (χ1) is 23.3. The Labute approximate surface area is 281 Å². The minimum atomic E-state index is -0.801. The molecule has 5 aromatic rings. The largest absolute Gasteiger partial charge is 0.497 e. The predicted molar refractivity (Wildman–Crippen MR) is 188 cm³/mol. The maximum atomic E-state index is 14.5. The van der Waals surface area contributed by atoms with Crippen molar-refractivity contribution < 1.29 is 19.1 Å². The van der Waals surface area contributed by atoms with Crippen LogP contribution in [0, 0.1) is 0 Å². The van der Waals surface area contributed by atoms with E-state index in [4.69, 9.17) is 14.5 Å². The number of methoxy groups -OCH3 is 2. The first-order valence-corrected chi connectivity index (χ1v) is 16.6. The smallest absolute Gasteiger partial charge is 0.271 e. The number of thiazole rings is 1. The number of allylic oxidation sites excluding steroid dienone is 1. The van der Waals surface area contributed by atoms with Crippen molar-refractivity contribution in [2.75, 3.05) is 32.6 Å². The molecule has 11 heteroatoms. The molecule has 0 spiro atoms. The van der Waals surface area contributed by atoms with E-state index in [0.29, 0.717) is 50.8 Å². The topological polar surface area (TPSA) is 107 Å². The molecule has 6 rings (SSSR count). The van der Waals surface area contributed by atoms with Gasteiger partial charge in [0.25, 0.3) is 11.5 Å². The van der Waals surface area contributed by atoms with Gasteiger partial charge in [0.05, 0.1) is 30.0 Å². The molecule has 1 aliphatic rings. The second-order valence-electron chi connectivity index (χ2n) is 11.3. The lowest BCUT2D eigenvalue weighted by Crippen LogP contribution is -2.43. The van der Waals surface area contributed by atoms with Crippen molar-refractivity contribution in [3.63, 3.8) is 0 Å². The lowest BCUT2D eigenvalue weighted by molar-refractivity contribution is -0.127. The number of nitrogens with one attached hydrogen (secondary N) is 1. The van der Waals surface area contributed by atoms with E-state index in [-0.39, 0.29) is 23.9 Å². The molecule has 2 amide bonds. The molecule has 1 aliphatic heterocycles. The number of ether oxygens (including phenoxy) is 2. The molecular formula is C37H37N5O5S. The molecule has 0 saturated heterocycles. The van der Waals surface area contributed by atoms with Gasteiger partial charge in [-0.1, -0.05) is 47.7 Å². The van der Waals surface area contributed by atoms with Crippen LogP contribution < -0.4 is 29.7 Å². The van der Waals surface area contributed by atoms with E-state index < -0.39 is 6.04 Å². The maximum absolute atomic E-state index is 14.5. The summed E-state index contributed by atoms with van der Waals surface area (Å²) in [6.07, 6.45) is 3.72. The van der Waals surface area contributed by atoms with Gasteiger partial charge in [-0.25, -0.2) is 4.99 Å². The molecule has 0 radical (unpaired) electrons. The Hall–Kier alpha value is -5.42. The van der Waals surface area contributed by atoms with Gasteiger partial charge in [-0.3, -0.25) is 19.0 Å². The molecule has 0 unspecified atom stereocenters. The van der Waals surface area contributed by atoms with E-state index >= 15 is 0 Å². The summed E-state index contributed by atoms with van der Waals surface area (Å²) in [6, 6.07) is 21.7. The quantitative estimate of drug-likeness (QED) is 0.233. The molecule has 0 bridgehead atoms. The summed E-state index contributed by atoms with van der Waals surface area (Å²) < 4.78 is 15.2. The highest BCUT2D eigenvalue weighted by Gasteiger charge is 2.36. The molecule has 3 aromatic carbocycles. The summed E-state index contributed by atoms with van der Waals surface area (Å²) in [5.41, 5.74) is 3.65. The fourth-order valence-corrected chi connectivity index (χ4v) is 7.20. The molecule has 3 heterocycles. The molecule has 1 N–H and O–H groups in total. The summed E-state index contributed by atoms with van der Waals surface area (Å²) in [4.78, 5) is 48.5. The van der Waals surface area contributed by atoms with Gasteiger partial charge in [-0.05, 0) is 63.2 Å². The monoisotopic (exact) mass is 663 g/mol. The number of likely N-dealkylation sites (N-methyl/N-ethyl adjacent to an activating group) is 1. The number of hydrogen-bond acceptors (Lipinski definition) is 7. The van der Waals surface area contributed by atoms with Gasteiger partial charge < -0.3 is 24.3 Å². The van der Waals surface area contributed by atoms with E-state index in [1.165, 1.54) is 11.3 Å². The van der Waals surface area contributed by atoms with Gasteiger partial charge in [0.15, 0.2) is 4.80 Å². The van der Waals surface area contributed by atoms with Gasteiger partial charge in [-0.15, -0.1) is 0 Å². The van der Waals surface area contributed by atoms with Crippen LogP contribution in [0.3, 0.4) is 0 Å². The highest BCUT2D eigenvalue weighted by molar-refractivity contribution is 7.07. The zero-order valence-electron chi connectivity index (χ0n) is 27.5. The third-order valence-electron chi connectivity index (χ3n) is 8.51. The van der Waals surface area contributed by atoms with Crippen molar-refractivity contribution in [3.8, 4) is 11.5 Å².